The third-order valence-electron chi connectivity index (χ3n) is 16.7. The Morgan fingerprint density at radius 1 is 0.765 bits per heavy atom. The van der Waals surface area contributed by atoms with Gasteiger partial charge >= 0.3 is 12.4 Å². The highest BCUT2D eigenvalue weighted by Gasteiger charge is 2.50. The molecule has 4 aliphatic rings. The van der Waals surface area contributed by atoms with E-state index in [1.165, 1.54) is 41.2 Å². The first kappa shape index (κ1) is 61.5. The molecule has 21 heteroatoms. The van der Waals surface area contributed by atoms with Gasteiger partial charge in [0.2, 0.25) is 11.8 Å². The monoisotopic (exact) mass is 1150 g/mol. The van der Waals surface area contributed by atoms with Crippen LogP contribution >= 0.6 is 11.3 Å². The second kappa shape index (κ2) is 26.7. The number of unbranched alkanes of at least 4 members (excludes halogenated alkanes) is 2. The molecule has 1 aliphatic carbocycles. The van der Waals surface area contributed by atoms with E-state index < -0.39 is 58.5 Å². The van der Waals surface area contributed by atoms with Crippen molar-refractivity contribution in [3.63, 3.8) is 0 Å². The van der Waals surface area contributed by atoms with Crippen LogP contribution in [0.25, 0.3) is 0 Å². The number of anilines is 1. The van der Waals surface area contributed by atoms with Gasteiger partial charge in [0.1, 0.15) is 24.8 Å². The number of thiophene rings is 1. The van der Waals surface area contributed by atoms with Crippen molar-refractivity contribution in [1.29, 1.82) is 0 Å². The van der Waals surface area contributed by atoms with Gasteiger partial charge in [0.25, 0.3) is 11.8 Å². The molecule has 0 saturated carbocycles. The number of nitrogens with one attached hydrogen (secondary N) is 1. The normalized spacial score (nSPS) is 19.4. The zero-order valence-corrected chi connectivity index (χ0v) is 47.6. The summed E-state index contributed by atoms with van der Waals surface area (Å²) in [5, 5.41) is 4.38. The minimum atomic E-state index is -5.14. The third kappa shape index (κ3) is 15.3. The SMILES string of the molecule is Cc1cc(NCCCCCC(=O)N(C)CCN2CC[CH]CC2)sc1C(=O)N(C)CCCN(C)C(=O)CO[C@H]1Cc2ccccc2C12CCN(CC[C@]1(c3ccc(F)cc3)CN(C(=O)c3cc(C(F)(F)F)cc(C(F)(F)F)c3)CO1)CC2. The predicted molar refractivity (Wildman–Crippen MR) is 296 cm³/mol. The van der Waals surface area contributed by atoms with Gasteiger partial charge in [0.05, 0.1) is 33.7 Å². The summed E-state index contributed by atoms with van der Waals surface area (Å²) in [4.78, 5) is 65.1. The summed E-state index contributed by atoms with van der Waals surface area (Å²) in [6.45, 7) is 8.27. The molecule has 3 aliphatic heterocycles. The molecule has 2 atom stereocenters. The van der Waals surface area contributed by atoms with Gasteiger partial charge in [-0.2, -0.15) is 26.3 Å². The Bertz CT molecular complexity index is 2770. The molecule has 8 rings (SSSR count). The Labute approximate surface area is 474 Å². The van der Waals surface area contributed by atoms with Crippen molar-refractivity contribution in [1.82, 2.24) is 29.4 Å². The lowest BCUT2D eigenvalue weighted by Gasteiger charge is -2.44. The molecule has 13 nitrogen and oxygen atoms in total. The molecule has 4 heterocycles. The number of hydrogen-bond acceptors (Lipinski definition) is 10. The smallest absolute Gasteiger partial charge is 0.377 e. The van der Waals surface area contributed by atoms with Crippen molar-refractivity contribution < 1.29 is 59.4 Å². The molecule has 0 bridgehead atoms. The van der Waals surface area contributed by atoms with Gasteiger partial charge < -0.3 is 44.2 Å². The molecular weight excluding hydrogens is 1080 g/mol. The van der Waals surface area contributed by atoms with E-state index in [9.17, 15) is 49.9 Å². The van der Waals surface area contributed by atoms with Gasteiger partial charge in [0.15, 0.2) is 0 Å². The van der Waals surface area contributed by atoms with Gasteiger partial charge in [-0.3, -0.25) is 19.2 Å². The number of carbonyl (C=O) groups is 4. The Morgan fingerprint density at radius 3 is 2.11 bits per heavy atom. The third-order valence-corrected chi connectivity index (χ3v) is 17.9. The topological polar surface area (TPSA) is 118 Å². The first-order chi connectivity index (χ1) is 38.5. The summed E-state index contributed by atoms with van der Waals surface area (Å²) >= 11 is 1.43. The van der Waals surface area contributed by atoms with Gasteiger partial charge in [-0.15, -0.1) is 11.3 Å². The number of hydrogen-bond donors (Lipinski definition) is 1. The maximum atomic E-state index is 14.2. The number of alkyl halides is 6. The number of nitrogens with zero attached hydrogens (tertiary/aromatic N) is 6. The summed E-state index contributed by atoms with van der Waals surface area (Å²) < 4.78 is 109. The number of amides is 4. The van der Waals surface area contributed by atoms with Gasteiger partial charge in [-0.25, -0.2) is 4.39 Å². The van der Waals surface area contributed by atoms with E-state index in [1.807, 2.05) is 37.1 Å². The summed E-state index contributed by atoms with van der Waals surface area (Å²) in [5.74, 6) is -1.66. The van der Waals surface area contributed by atoms with E-state index in [0.29, 0.717) is 87.4 Å². The van der Waals surface area contributed by atoms with E-state index in [2.05, 4.69) is 33.7 Å². The number of rotatable bonds is 23. The number of carbonyl (C=O) groups excluding carboxylic acids is 4. The van der Waals surface area contributed by atoms with Crippen LogP contribution in [0.1, 0.15) is 118 Å². The van der Waals surface area contributed by atoms with Crippen molar-refractivity contribution in [2.45, 2.75) is 107 Å². The van der Waals surface area contributed by atoms with Crippen LogP contribution in [0.4, 0.5) is 35.7 Å². The van der Waals surface area contributed by atoms with Crippen LogP contribution in [0.3, 0.4) is 0 Å². The number of benzene rings is 3. The molecule has 1 radical (unpaired) electrons. The van der Waals surface area contributed by atoms with E-state index in [0.717, 1.165) is 85.9 Å². The summed E-state index contributed by atoms with van der Waals surface area (Å²) in [6, 6.07) is 16.4. The zero-order chi connectivity index (χ0) is 58.1. The fourth-order valence-electron chi connectivity index (χ4n) is 11.7. The first-order valence-electron chi connectivity index (χ1n) is 28.1. The fraction of sp³-hybridized carbons (Fsp3) is 0.550. The lowest BCUT2D eigenvalue weighted by molar-refractivity contribution is -0.143. The number of halogens is 7. The molecule has 0 unspecified atom stereocenters. The van der Waals surface area contributed by atoms with E-state index in [4.69, 9.17) is 9.47 Å². The van der Waals surface area contributed by atoms with Crippen LogP contribution in [0.15, 0.2) is 72.8 Å². The Hall–Kier alpha value is -5.61. The Morgan fingerprint density at radius 2 is 1.42 bits per heavy atom. The summed E-state index contributed by atoms with van der Waals surface area (Å²) in [5.41, 5.74) is -1.91. The largest absolute Gasteiger partial charge is 0.416 e. The number of ether oxygens (including phenoxy) is 2. The van der Waals surface area contributed by atoms with Crippen molar-refractivity contribution in [2.24, 2.45) is 0 Å². The quantitative estimate of drug-likeness (QED) is 0.0572. The molecule has 4 amide bonds. The van der Waals surface area contributed by atoms with Crippen LogP contribution in [-0.2, 0) is 48.9 Å². The van der Waals surface area contributed by atoms with Gasteiger partial charge in [0, 0.05) is 77.8 Å². The standard InChI is InChI=1S/C60H75F7N7O6S/c1-42-34-51(68-24-10-5-7-16-52(75)70(3)32-33-72-27-11-6-12-28-72)81-54(42)56(78)71(4)26-13-25-69(2)53(76)39-79-50-37-43-14-8-9-15-49(43)57(50)21-29-73(30-22-57)31-23-58(45-17-19-48(61)20-18-45)40-74(41-80-58)55(77)44-35-46(59(62,63)64)38-47(36-44)60(65,66)67/h6,8-9,14-15,17-20,34-36,38,50,68H,5,7,10-13,16,21-33,37,39-41H2,1-4H3/t50-,58+/m0/s1. The molecule has 3 aromatic carbocycles. The summed E-state index contributed by atoms with van der Waals surface area (Å²) in [7, 11) is 5.39. The maximum Gasteiger partial charge on any atom is 0.416 e. The predicted octanol–water partition coefficient (Wildman–Crippen LogP) is 10.3. The minimum Gasteiger partial charge on any atom is -0.377 e. The highest BCUT2D eigenvalue weighted by molar-refractivity contribution is 7.18. The Kier molecular flexibility index (Phi) is 20.3. The lowest BCUT2D eigenvalue weighted by atomic mass is 9.72. The highest BCUT2D eigenvalue weighted by Crippen LogP contribution is 2.48. The number of aryl methyl sites for hydroxylation is 1. The molecular formula is C60H75F7N7O6S. The van der Waals surface area contributed by atoms with Crippen LogP contribution in [0.5, 0.6) is 0 Å². The number of likely N-dealkylation sites (N-methyl/N-ethyl adjacent to an activating group) is 2. The molecule has 4 aromatic rings. The second-order valence-corrected chi connectivity index (χ2v) is 23.3. The van der Waals surface area contributed by atoms with Crippen LogP contribution in [0, 0.1) is 19.2 Å². The molecule has 3 fully saturated rings. The van der Waals surface area contributed by atoms with Gasteiger partial charge in [-0.1, -0.05) is 42.8 Å². The van der Waals surface area contributed by atoms with Crippen molar-refractivity contribution in [3.8, 4) is 0 Å². The maximum absolute atomic E-state index is 14.2. The molecule has 1 N–H and O–H groups in total. The molecule has 441 valence electrons. The van der Waals surface area contributed by atoms with Crippen LogP contribution in [0.2, 0.25) is 0 Å². The van der Waals surface area contributed by atoms with Crippen molar-refractivity contribution in [2.75, 3.05) is 112 Å². The zero-order valence-electron chi connectivity index (χ0n) is 46.7. The number of likely N-dealkylation sites (tertiary alicyclic amines) is 2. The van der Waals surface area contributed by atoms with Gasteiger partial charge in [-0.05, 0) is 156 Å². The van der Waals surface area contributed by atoms with Crippen LogP contribution < -0.4 is 5.32 Å². The fourth-order valence-corrected chi connectivity index (χ4v) is 12.8. The average Bonchev–Trinajstić information content (AvgIpc) is 4.36. The average molecular weight is 1160 g/mol. The molecule has 81 heavy (non-hydrogen) atoms. The van der Waals surface area contributed by atoms with E-state index in [1.54, 1.807) is 23.9 Å². The van der Waals surface area contributed by atoms with Crippen LogP contribution in [-0.4, -0.2) is 166 Å². The summed E-state index contributed by atoms with van der Waals surface area (Å²) in [6.07, 6.45) is 0.0392. The molecule has 3 saturated heterocycles. The Balaban J connectivity index is 0.787. The molecule has 1 aromatic heterocycles. The minimum absolute atomic E-state index is 0.0252. The van der Waals surface area contributed by atoms with Crippen molar-refractivity contribution >= 4 is 40.0 Å². The van der Waals surface area contributed by atoms with E-state index in [-0.39, 0.29) is 49.5 Å². The molecule has 1 spiro atoms. The number of piperidine rings is 2. The first-order valence-corrected chi connectivity index (χ1v) is 28.9. The highest BCUT2D eigenvalue weighted by atomic mass is 32.1. The van der Waals surface area contributed by atoms with Crippen molar-refractivity contribution in [3.05, 3.63) is 129 Å². The van der Waals surface area contributed by atoms with E-state index >= 15 is 0 Å². The second-order valence-electron chi connectivity index (χ2n) is 22.3. The number of fused-ring (bicyclic) bond motifs is 2. The lowest BCUT2D eigenvalue weighted by Crippen LogP contribution is -2.50.